The van der Waals surface area contributed by atoms with Crippen molar-refractivity contribution >= 4 is 6.21 Å². The van der Waals surface area contributed by atoms with Crippen LogP contribution in [0.4, 0.5) is 0 Å². The zero-order valence-electron chi connectivity index (χ0n) is 6.33. The molecule has 0 spiro atoms. The Bertz CT molecular complexity index is 279. The van der Waals surface area contributed by atoms with Crippen LogP contribution in [-0.4, -0.2) is 17.7 Å². The maximum Gasteiger partial charge on any atom is 0.0392 e. The van der Waals surface area contributed by atoms with Gasteiger partial charge in [-0.2, -0.15) is 0 Å². The molecule has 0 N–H and O–H groups in total. The Morgan fingerprint density at radius 1 is 1.36 bits per heavy atom. The van der Waals surface area contributed by atoms with Gasteiger partial charge in [0, 0.05) is 25.2 Å². The van der Waals surface area contributed by atoms with Crippen LogP contribution in [0.5, 0.6) is 0 Å². The van der Waals surface area contributed by atoms with Gasteiger partial charge in [0.2, 0.25) is 0 Å². The predicted octanol–water partition coefficient (Wildman–Crippen LogP) is 1.45. The van der Waals surface area contributed by atoms with Crippen LogP contribution in [0.15, 0.2) is 23.5 Å². The van der Waals surface area contributed by atoms with Crippen LogP contribution in [0.25, 0.3) is 0 Å². The van der Waals surface area contributed by atoms with E-state index in [9.17, 15) is 0 Å². The Hall–Kier alpha value is -1.18. The van der Waals surface area contributed by atoms with E-state index in [1.807, 2.05) is 24.7 Å². The standard InChI is InChI=1S/C9H10N2/c1-2-8-6-11-5-3-9(8)7-10-4-1/h3,5-7H,1-2,4H2. The second-order valence-corrected chi connectivity index (χ2v) is 2.71. The molecule has 0 radical (unpaired) electrons. The van der Waals surface area contributed by atoms with Crippen molar-refractivity contribution in [2.75, 3.05) is 6.54 Å². The summed E-state index contributed by atoms with van der Waals surface area (Å²) >= 11 is 0. The average molecular weight is 146 g/mol. The predicted molar refractivity (Wildman–Crippen MR) is 45.0 cm³/mol. The van der Waals surface area contributed by atoms with E-state index in [2.05, 4.69) is 9.98 Å². The molecule has 2 rings (SSSR count). The lowest BCUT2D eigenvalue weighted by atomic mass is 10.1. The van der Waals surface area contributed by atoms with Crippen LogP contribution >= 0.6 is 0 Å². The molecule has 0 aromatic carbocycles. The largest absolute Gasteiger partial charge is 0.293 e. The number of hydrogen-bond donors (Lipinski definition) is 0. The Kier molecular flexibility index (Phi) is 1.68. The van der Waals surface area contributed by atoms with E-state index in [1.165, 1.54) is 11.1 Å². The average Bonchev–Trinajstić information content (AvgIpc) is 2.28. The first kappa shape index (κ1) is 6.53. The molecular formula is C9H10N2. The molecule has 2 heteroatoms. The van der Waals surface area contributed by atoms with Gasteiger partial charge in [-0.15, -0.1) is 0 Å². The molecular weight excluding hydrogens is 136 g/mol. The van der Waals surface area contributed by atoms with Crippen LogP contribution in [-0.2, 0) is 6.42 Å². The molecule has 2 nitrogen and oxygen atoms in total. The van der Waals surface area contributed by atoms with Gasteiger partial charge in [-0.05, 0) is 30.0 Å². The van der Waals surface area contributed by atoms with Gasteiger partial charge in [0.25, 0.3) is 0 Å². The maximum absolute atomic E-state index is 4.26. The van der Waals surface area contributed by atoms with E-state index in [1.54, 1.807) is 0 Å². The number of hydrogen-bond acceptors (Lipinski definition) is 2. The second kappa shape index (κ2) is 2.82. The molecule has 0 fully saturated rings. The molecule has 11 heavy (non-hydrogen) atoms. The summed E-state index contributed by atoms with van der Waals surface area (Å²) in [7, 11) is 0. The van der Waals surface area contributed by atoms with Gasteiger partial charge in [-0.25, -0.2) is 0 Å². The van der Waals surface area contributed by atoms with Gasteiger partial charge in [0.1, 0.15) is 0 Å². The lowest BCUT2D eigenvalue weighted by molar-refractivity contribution is 0.842. The monoisotopic (exact) mass is 146 g/mol. The first-order valence-electron chi connectivity index (χ1n) is 3.89. The van der Waals surface area contributed by atoms with Crippen molar-refractivity contribution < 1.29 is 0 Å². The summed E-state index contributed by atoms with van der Waals surface area (Å²) in [5, 5.41) is 0. The summed E-state index contributed by atoms with van der Waals surface area (Å²) in [4.78, 5) is 8.34. The van der Waals surface area contributed by atoms with E-state index < -0.39 is 0 Å². The summed E-state index contributed by atoms with van der Waals surface area (Å²) in [6.07, 6.45) is 7.96. The molecule has 0 saturated carbocycles. The lowest BCUT2D eigenvalue weighted by Crippen LogP contribution is -1.91. The Balaban J connectivity index is 2.45. The molecule has 2 heterocycles. The van der Waals surface area contributed by atoms with Gasteiger partial charge in [-0.1, -0.05) is 0 Å². The molecule has 56 valence electrons. The summed E-state index contributed by atoms with van der Waals surface area (Å²) in [5.41, 5.74) is 2.56. The van der Waals surface area contributed by atoms with Crippen molar-refractivity contribution in [3.05, 3.63) is 29.6 Å². The molecule has 0 saturated heterocycles. The van der Waals surface area contributed by atoms with Gasteiger partial charge >= 0.3 is 0 Å². The van der Waals surface area contributed by atoms with Crippen LogP contribution in [0.1, 0.15) is 17.5 Å². The number of rotatable bonds is 0. The molecule has 0 atom stereocenters. The Morgan fingerprint density at radius 2 is 2.36 bits per heavy atom. The van der Waals surface area contributed by atoms with E-state index >= 15 is 0 Å². The summed E-state index contributed by atoms with van der Waals surface area (Å²) in [5.74, 6) is 0. The van der Waals surface area contributed by atoms with Crippen molar-refractivity contribution in [1.82, 2.24) is 4.98 Å². The highest BCUT2D eigenvalue weighted by Gasteiger charge is 2.01. The van der Waals surface area contributed by atoms with E-state index in [0.29, 0.717) is 0 Å². The van der Waals surface area contributed by atoms with Crippen LogP contribution in [0, 0.1) is 0 Å². The minimum Gasteiger partial charge on any atom is -0.293 e. The number of nitrogens with zero attached hydrogens (tertiary/aromatic N) is 2. The molecule has 1 aromatic rings. The minimum absolute atomic E-state index is 0.953. The number of pyridine rings is 1. The fourth-order valence-electron chi connectivity index (χ4n) is 1.30. The smallest absolute Gasteiger partial charge is 0.0392 e. The normalized spacial score (nSPS) is 15.6. The van der Waals surface area contributed by atoms with E-state index in [-0.39, 0.29) is 0 Å². The fourth-order valence-corrected chi connectivity index (χ4v) is 1.30. The van der Waals surface area contributed by atoms with Crippen LogP contribution in [0.2, 0.25) is 0 Å². The first-order chi connectivity index (χ1) is 5.47. The van der Waals surface area contributed by atoms with Crippen LogP contribution < -0.4 is 0 Å². The zero-order valence-corrected chi connectivity index (χ0v) is 6.33. The van der Waals surface area contributed by atoms with E-state index in [4.69, 9.17) is 0 Å². The Labute approximate surface area is 66.0 Å². The summed E-state index contributed by atoms with van der Waals surface area (Å²) < 4.78 is 0. The number of aryl methyl sites for hydroxylation is 1. The highest BCUT2D eigenvalue weighted by Crippen LogP contribution is 2.09. The third-order valence-corrected chi connectivity index (χ3v) is 1.91. The highest BCUT2D eigenvalue weighted by molar-refractivity contribution is 5.81. The number of fused-ring (bicyclic) bond motifs is 1. The molecule has 0 unspecified atom stereocenters. The third-order valence-electron chi connectivity index (χ3n) is 1.91. The van der Waals surface area contributed by atoms with Crippen molar-refractivity contribution in [3.63, 3.8) is 0 Å². The number of aromatic nitrogens is 1. The molecule has 0 aliphatic carbocycles. The summed E-state index contributed by atoms with van der Waals surface area (Å²) in [6, 6.07) is 2.02. The Morgan fingerprint density at radius 3 is 3.36 bits per heavy atom. The number of aliphatic imine (C=N–C) groups is 1. The second-order valence-electron chi connectivity index (χ2n) is 2.71. The highest BCUT2D eigenvalue weighted by atomic mass is 14.7. The molecule has 1 aliphatic rings. The van der Waals surface area contributed by atoms with Gasteiger partial charge in [0.05, 0.1) is 0 Å². The van der Waals surface area contributed by atoms with Crippen molar-refractivity contribution in [2.24, 2.45) is 4.99 Å². The first-order valence-corrected chi connectivity index (χ1v) is 3.89. The van der Waals surface area contributed by atoms with Crippen molar-refractivity contribution in [1.29, 1.82) is 0 Å². The van der Waals surface area contributed by atoms with Crippen molar-refractivity contribution in [3.8, 4) is 0 Å². The molecule has 1 aromatic heterocycles. The van der Waals surface area contributed by atoms with Gasteiger partial charge in [0.15, 0.2) is 0 Å². The quantitative estimate of drug-likeness (QED) is 0.543. The van der Waals surface area contributed by atoms with Crippen molar-refractivity contribution in [2.45, 2.75) is 12.8 Å². The topological polar surface area (TPSA) is 25.2 Å². The summed E-state index contributed by atoms with van der Waals surface area (Å²) in [6.45, 7) is 0.953. The SMILES string of the molecule is C1=NCCCc2cnccc21. The zero-order chi connectivity index (χ0) is 7.52. The lowest BCUT2D eigenvalue weighted by Gasteiger charge is -1.98. The van der Waals surface area contributed by atoms with Crippen LogP contribution in [0.3, 0.4) is 0 Å². The molecule has 0 bridgehead atoms. The fraction of sp³-hybridized carbons (Fsp3) is 0.333. The molecule has 1 aliphatic heterocycles. The minimum atomic E-state index is 0.953. The molecule has 0 amide bonds. The maximum atomic E-state index is 4.26. The third kappa shape index (κ3) is 1.29. The van der Waals surface area contributed by atoms with Gasteiger partial charge < -0.3 is 0 Å². The van der Waals surface area contributed by atoms with Gasteiger partial charge in [-0.3, -0.25) is 9.98 Å². The van der Waals surface area contributed by atoms with E-state index in [0.717, 1.165) is 19.4 Å².